The Bertz CT molecular complexity index is 1050. The second-order valence-corrected chi connectivity index (χ2v) is 7.12. The van der Waals surface area contributed by atoms with Crippen LogP contribution in [0.25, 0.3) is 5.82 Å². The zero-order chi connectivity index (χ0) is 22.6. The fraction of sp³-hybridized carbons (Fsp3) is 0.333. The summed E-state index contributed by atoms with van der Waals surface area (Å²) < 4.78 is 50.5. The molecule has 169 valence electrons. The van der Waals surface area contributed by atoms with Crippen LogP contribution in [-0.4, -0.2) is 59.1 Å². The van der Waals surface area contributed by atoms with Crippen molar-refractivity contribution >= 4 is 17.2 Å². The molecule has 0 saturated carbocycles. The lowest BCUT2D eigenvalue weighted by atomic mass is 10.2. The van der Waals surface area contributed by atoms with Crippen molar-refractivity contribution in [3.63, 3.8) is 0 Å². The van der Waals surface area contributed by atoms with Crippen molar-refractivity contribution in [2.45, 2.75) is 6.18 Å². The van der Waals surface area contributed by atoms with Crippen molar-refractivity contribution in [2.75, 3.05) is 50.5 Å². The van der Waals surface area contributed by atoms with Gasteiger partial charge in [0.05, 0.1) is 24.6 Å². The van der Waals surface area contributed by atoms with Crippen LogP contribution in [0.4, 0.5) is 30.4 Å². The number of hydrogen-bond acceptors (Lipinski definition) is 7. The summed E-state index contributed by atoms with van der Waals surface area (Å²) in [5.41, 5.74) is 6.17. The van der Waals surface area contributed by atoms with Crippen molar-refractivity contribution in [1.82, 2.24) is 19.7 Å². The second-order valence-electron chi connectivity index (χ2n) is 7.12. The quantitative estimate of drug-likeness (QED) is 0.538. The molecule has 4 rings (SSSR count). The number of alkyl halides is 3. The minimum Gasteiger partial charge on any atom is -0.492 e. The number of nitrogens with two attached hydrogens (primary N) is 1. The topological polar surface area (TPSA) is 90.5 Å². The van der Waals surface area contributed by atoms with Gasteiger partial charge >= 0.3 is 6.18 Å². The number of morpholine rings is 1. The fourth-order valence-corrected chi connectivity index (χ4v) is 3.16. The Kier molecular flexibility index (Phi) is 6.47. The Morgan fingerprint density at radius 3 is 2.72 bits per heavy atom. The van der Waals surface area contributed by atoms with E-state index in [-0.39, 0.29) is 5.82 Å². The molecule has 3 N–H and O–H groups in total. The van der Waals surface area contributed by atoms with Crippen LogP contribution < -0.4 is 15.8 Å². The van der Waals surface area contributed by atoms with Gasteiger partial charge < -0.3 is 20.5 Å². The van der Waals surface area contributed by atoms with E-state index < -0.39 is 11.9 Å². The van der Waals surface area contributed by atoms with E-state index in [0.29, 0.717) is 29.5 Å². The third kappa shape index (κ3) is 5.48. The van der Waals surface area contributed by atoms with Crippen LogP contribution in [0.3, 0.4) is 0 Å². The first-order chi connectivity index (χ1) is 15.4. The van der Waals surface area contributed by atoms with Crippen LogP contribution >= 0.6 is 0 Å². The van der Waals surface area contributed by atoms with Gasteiger partial charge in [-0.15, -0.1) is 0 Å². The van der Waals surface area contributed by atoms with Crippen molar-refractivity contribution in [1.29, 1.82) is 0 Å². The molecule has 0 aliphatic carbocycles. The van der Waals surface area contributed by atoms with E-state index in [0.717, 1.165) is 43.6 Å². The molecule has 1 aromatic carbocycles. The lowest BCUT2D eigenvalue weighted by Crippen LogP contribution is -2.38. The molecule has 1 aliphatic rings. The summed E-state index contributed by atoms with van der Waals surface area (Å²) in [4.78, 5) is 6.54. The number of benzene rings is 1. The van der Waals surface area contributed by atoms with Crippen molar-refractivity contribution in [3.05, 3.63) is 54.4 Å². The highest BCUT2D eigenvalue weighted by Gasteiger charge is 2.33. The van der Waals surface area contributed by atoms with E-state index in [4.69, 9.17) is 15.2 Å². The van der Waals surface area contributed by atoms with Gasteiger partial charge in [0.2, 0.25) is 0 Å². The van der Waals surface area contributed by atoms with E-state index in [2.05, 4.69) is 26.4 Å². The van der Waals surface area contributed by atoms with E-state index in [1.54, 1.807) is 30.3 Å². The van der Waals surface area contributed by atoms with Gasteiger partial charge in [0.25, 0.3) is 0 Å². The zero-order valence-corrected chi connectivity index (χ0v) is 17.1. The molecule has 0 unspecified atom stereocenters. The molecule has 3 aromatic rings. The number of rotatable bonds is 7. The molecule has 0 atom stereocenters. The number of halogens is 3. The molecule has 1 aliphatic heterocycles. The Labute approximate surface area is 182 Å². The second kappa shape index (κ2) is 9.45. The van der Waals surface area contributed by atoms with Gasteiger partial charge in [0, 0.05) is 38.0 Å². The molecule has 0 bridgehead atoms. The minimum atomic E-state index is -4.53. The first-order valence-corrected chi connectivity index (χ1v) is 10.00. The molecule has 0 spiro atoms. The van der Waals surface area contributed by atoms with E-state index >= 15 is 0 Å². The summed E-state index contributed by atoms with van der Waals surface area (Å²) in [6.45, 7) is 4.62. The van der Waals surface area contributed by atoms with Gasteiger partial charge in [0.1, 0.15) is 18.2 Å². The Hall–Kier alpha value is -3.31. The van der Waals surface area contributed by atoms with Crippen LogP contribution in [0.2, 0.25) is 0 Å². The van der Waals surface area contributed by atoms with Gasteiger partial charge in [-0.05, 0) is 30.3 Å². The number of ether oxygens (including phenoxy) is 2. The monoisotopic (exact) mass is 447 g/mol. The third-order valence-corrected chi connectivity index (χ3v) is 4.84. The molecule has 1 radical (unpaired) electrons. The summed E-state index contributed by atoms with van der Waals surface area (Å²) in [6.07, 6.45) is -3.34. The maximum absolute atomic E-state index is 12.8. The number of nitrogens with zero attached hydrogens (tertiary/aromatic N) is 4. The Balaban J connectivity index is 1.38. The third-order valence-electron chi connectivity index (χ3n) is 4.84. The Morgan fingerprint density at radius 2 is 2.00 bits per heavy atom. The van der Waals surface area contributed by atoms with Gasteiger partial charge in [-0.3, -0.25) is 4.90 Å². The first-order valence-electron chi connectivity index (χ1n) is 10.00. The highest BCUT2D eigenvalue weighted by atomic mass is 19.4. The SMILES string of the molecule is Nc1cc(OCCN2CCOCC2)ccc1Nc1cc[c]c(-n2ccc(C(F)(F)F)n2)n1. The molecule has 1 saturated heterocycles. The van der Waals surface area contributed by atoms with Crippen LogP contribution in [-0.2, 0) is 10.9 Å². The van der Waals surface area contributed by atoms with Crippen molar-refractivity contribution in [2.24, 2.45) is 0 Å². The van der Waals surface area contributed by atoms with Crippen LogP contribution in [0.1, 0.15) is 5.69 Å². The summed E-state index contributed by atoms with van der Waals surface area (Å²) in [5.74, 6) is 1.15. The average Bonchev–Trinajstić information content (AvgIpc) is 3.28. The molecule has 0 amide bonds. The summed E-state index contributed by atoms with van der Waals surface area (Å²) in [6, 6.07) is 12.1. The highest BCUT2D eigenvalue weighted by Crippen LogP contribution is 2.29. The molecule has 8 nitrogen and oxygen atoms in total. The molecule has 11 heteroatoms. The van der Waals surface area contributed by atoms with Crippen LogP contribution in [0.5, 0.6) is 5.75 Å². The van der Waals surface area contributed by atoms with Gasteiger partial charge in [-0.1, -0.05) is 0 Å². The molecule has 1 fully saturated rings. The summed E-state index contributed by atoms with van der Waals surface area (Å²) >= 11 is 0. The van der Waals surface area contributed by atoms with Gasteiger partial charge in [0.15, 0.2) is 11.5 Å². The molecule has 3 heterocycles. The average molecular weight is 447 g/mol. The number of nitrogens with one attached hydrogen (secondary N) is 1. The molecular formula is C21H22F3N6O2. The molecule has 32 heavy (non-hydrogen) atoms. The van der Waals surface area contributed by atoms with Crippen molar-refractivity contribution < 1.29 is 22.6 Å². The Morgan fingerprint density at radius 1 is 1.19 bits per heavy atom. The predicted molar refractivity (Wildman–Crippen MR) is 112 cm³/mol. The van der Waals surface area contributed by atoms with Crippen LogP contribution in [0, 0.1) is 6.07 Å². The maximum atomic E-state index is 12.8. The van der Waals surface area contributed by atoms with Gasteiger partial charge in [-0.25, -0.2) is 9.67 Å². The van der Waals surface area contributed by atoms with E-state index in [1.165, 1.54) is 6.20 Å². The predicted octanol–water partition coefficient (Wildman–Crippen LogP) is 3.12. The zero-order valence-electron chi connectivity index (χ0n) is 17.1. The lowest BCUT2D eigenvalue weighted by molar-refractivity contribution is -0.141. The molecular weight excluding hydrogens is 425 g/mol. The van der Waals surface area contributed by atoms with E-state index in [9.17, 15) is 13.2 Å². The highest BCUT2D eigenvalue weighted by molar-refractivity contribution is 5.72. The largest absolute Gasteiger partial charge is 0.492 e. The maximum Gasteiger partial charge on any atom is 0.435 e. The van der Waals surface area contributed by atoms with Gasteiger partial charge in [-0.2, -0.15) is 18.3 Å². The van der Waals surface area contributed by atoms with E-state index in [1.807, 2.05) is 0 Å². The fourth-order valence-electron chi connectivity index (χ4n) is 3.16. The summed E-state index contributed by atoms with van der Waals surface area (Å²) in [7, 11) is 0. The first kappa shape index (κ1) is 21.9. The number of aromatic nitrogens is 3. The minimum absolute atomic E-state index is 0.118. The number of anilines is 3. The lowest BCUT2D eigenvalue weighted by Gasteiger charge is -2.26. The number of hydrogen-bond donors (Lipinski definition) is 2. The van der Waals surface area contributed by atoms with Crippen molar-refractivity contribution in [3.8, 4) is 11.6 Å². The number of nitrogen functional groups attached to an aromatic ring is 1. The normalized spacial score (nSPS) is 15.0. The standard InChI is InChI=1S/C21H22F3N6O2/c22-21(23,24)18-6-7-30(28-18)20-3-1-2-19(27-20)26-17-5-4-15(14-16(17)25)32-13-10-29-8-11-31-12-9-29/h1-2,4-7,14H,8-13,25H2,(H,26,27). The summed E-state index contributed by atoms with van der Waals surface area (Å²) in [5, 5.41) is 6.57. The smallest absolute Gasteiger partial charge is 0.435 e. The molecule has 2 aromatic heterocycles. The van der Waals surface area contributed by atoms with Crippen LogP contribution in [0.15, 0.2) is 42.6 Å². The number of pyridine rings is 1.